The van der Waals surface area contributed by atoms with Crippen molar-refractivity contribution in [2.24, 2.45) is 0 Å². The number of carbonyl (C=O) groups excluding carboxylic acids is 2. The highest BCUT2D eigenvalue weighted by Crippen LogP contribution is 2.23. The van der Waals surface area contributed by atoms with Gasteiger partial charge in [0.1, 0.15) is 5.82 Å². The molecule has 2 amide bonds. The monoisotopic (exact) mass is 461 g/mol. The van der Waals surface area contributed by atoms with E-state index in [1.165, 1.54) is 29.5 Å². The highest BCUT2D eigenvalue weighted by Gasteiger charge is 2.16. The number of rotatable bonds is 6. The molecule has 1 atom stereocenters. The van der Waals surface area contributed by atoms with E-state index in [2.05, 4.69) is 31.5 Å². The average Bonchev–Trinajstić information content (AvgIpc) is 3.08. The molecule has 0 aliphatic rings. The molecule has 0 aliphatic heterocycles. The van der Waals surface area contributed by atoms with Gasteiger partial charge in [0, 0.05) is 9.85 Å². The normalized spacial score (nSPS) is 11.7. The zero-order valence-corrected chi connectivity index (χ0v) is 17.3. The van der Waals surface area contributed by atoms with E-state index in [4.69, 9.17) is 0 Å². The summed E-state index contributed by atoms with van der Waals surface area (Å²) < 4.78 is 14.6. The number of anilines is 1. The lowest BCUT2D eigenvalue weighted by Crippen LogP contribution is -2.28. The summed E-state index contributed by atoms with van der Waals surface area (Å²) in [6.07, 6.45) is 0.0842. The molecule has 1 heterocycles. The first kappa shape index (κ1) is 20.2. The number of aromatic nitrogens is 1. The van der Waals surface area contributed by atoms with Gasteiger partial charge in [0.2, 0.25) is 5.91 Å². The van der Waals surface area contributed by atoms with Crippen LogP contribution in [0.2, 0.25) is 0 Å². The average molecular weight is 462 g/mol. The summed E-state index contributed by atoms with van der Waals surface area (Å²) in [6, 6.07) is 13.2. The van der Waals surface area contributed by atoms with Gasteiger partial charge >= 0.3 is 0 Å². The minimum atomic E-state index is -0.600. The molecular weight excluding hydrogens is 445 g/mol. The number of halogens is 2. The first-order chi connectivity index (χ1) is 13.4. The van der Waals surface area contributed by atoms with Crippen LogP contribution in [0.25, 0.3) is 0 Å². The summed E-state index contributed by atoms with van der Waals surface area (Å²) >= 11 is 4.66. The second kappa shape index (κ2) is 9.07. The van der Waals surface area contributed by atoms with Crippen molar-refractivity contribution in [3.63, 3.8) is 0 Å². The van der Waals surface area contributed by atoms with Crippen molar-refractivity contribution in [2.45, 2.75) is 19.4 Å². The summed E-state index contributed by atoms with van der Waals surface area (Å²) in [5.41, 5.74) is 1.46. The number of hydrogen-bond donors (Lipinski definition) is 2. The fourth-order valence-electron chi connectivity index (χ4n) is 2.62. The van der Waals surface area contributed by atoms with Crippen molar-refractivity contribution >= 4 is 44.2 Å². The molecule has 0 saturated carbocycles. The van der Waals surface area contributed by atoms with Crippen LogP contribution in [0.1, 0.15) is 34.6 Å². The molecule has 3 rings (SSSR count). The van der Waals surface area contributed by atoms with Crippen LogP contribution in [-0.2, 0) is 11.2 Å². The van der Waals surface area contributed by atoms with E-state index in [-0.39, 0.29) is 23.9 Å². The maximum absolute atomic E-state index is 13.7. The third-order valence-corrected chi connectivity index (χ3v) is 5.51. The Kier molecular flexibility index (Phi) is 6.53. The summed E-state index contributed by atoms with van der Waals surface area (Å²) in [5.74, 6) is -1.36. The minimum absolute atomic E-state index is 0.0562. The van der Waals surface area contributed by atoms with Crippen LogP contribution in [0.4, 0.5) is 9.52 Å². The zero-order chi connectivity index (χ0) is 20.1. The number of nitrogens with one attached hydrogen (secondary N) is 2. The van der Waals surface area contributed by atoms with Gasteiger partial charge in [-0.15, -0.1) is 11.3 Å². The van der Waals surface area contributed by atoms with E-state index >= 15 is 0 Å². The lowest BCUT2D eigenvalue weighted by atomic mass is 10.1. The maximum atomic E-state index is 13.7. The van der Waals surface area contributed by atoms with Crippen molar-refractivity contribution in [1.82, 2.24) is 10.3 Å². The largest absolute Gasteiger partial charge is 0.349 e. The molecule has 1 aromatic heterocycles. The predicted octanol–water partition coefficient (Wildman–Crippen LogP) is 4.72. The number of carbonyl (C=O) groups is 2. The Hall–Kier alpha value is -2.58. The topological polar surface area (TPSA) is 71.1 Å². The smallest absolute Gasteiger partial charge is 0.260 e. The van der Waals surface area contributed by atoms with Gasteiger partial charge in [0.05, 0.1) is 23.7 Å². The Morgan fingerprint density at radius 3 is 2.64 bits per heavy atom. The summed E-state index contributed by atoms with van der Waals surface area (Å²) in [7, 11) is 0. The van der Waals surface area contributed by atoms with Crippen LogP contribution in [-0.4, -0.2) is 16.8 Å². The van der Waals surface area contributed by atoms with Crippen molar-refractivity contribution < 1.29 is 14.0 Å². The van der Waals surface area contributed by atoms with Crippen LogP contribution in [0.3, 0.4) is 0 Å². The third kappa shape index (κ3) is 5.02. The van der Waals surface area contributed by atoms with Gasteiger partial charge in [0.15, 0.2) is 5.13 Å². The van der Waals surface area contributed by atoms with E-state index in [1.54, 1.807) is 11.4 Å². The fraction of sp³-hybridized carbons (Fsp3) is 0.150. The van der Waals surface area contributed by atoms with Crippen molar-refractivity contribution in [2.75, 3.05) is 5.32 Å². The van der Waals surface area contributed by atoms with Crippen LogP contribution in [0.15, 0.2) is 58.4 Å². The Balaban J connectivity index is 1.58. The lowest BCUT2D eigenvalue weighted by molar-refractivity contribution is -0.121. The molecule has 0 aliphatic carbocycles. The Morgan fingerprint density at radius 2 is 1.89 bits per heavy atom. The van der Waals surface area contributed by atoms with E-state index in [0.717, 1.165) is 10.0 Å². The number of benzene rings is 2. The molecule has 2 aromatic carbocycles. The maximum Gasteiger partial charge on any atom is 0.260 e. The molecule has 0 fully saturated rings. The van der Waals surface area contributed by atoms with E-state index in [1.807, 2.05) is 31.2 Å². The van der Waals surface area contributed by atoms with Crippen LogP contribution in [0.5, 0.6) is 0 Å². The summed E-state index contributed by atoms with van der Waals surface area (Å²) in [6.45, 7) is 1.90. The van der Waals surface area contributed by atoms with Gasteiger partial charge in [-0.1, -0.05) is 46.3 Å². The molecule has 0 radical (unpaired) electrons. The van der Waals surface area contributed by atoms with E-state index in [0.29, 0.717) is 10.8 Å². The molecule has 3 aromatic rings. The molecule has 5 nitrogen and oxygen atoms in total. The van der Waals surface area contributed by atoms with Crippen molar-refractivity contribution in [3.8, 4) is 0 Å². The predicted molar refractivity (Wildman–Crippen MR) is 111 cm³/mol. The number of nitrogens with zero attached hydrogens (tertiary/aromatic N) is 1. The first-order valence-electron chi connectivity index (χ1n) is 8.48. The van der Waals surface area contributed by atoms with Crippen molar-refractivity contribution in [1.29, 1.82) is 0 Å². The van der Waals surface area contributed by atoms with Gasteiger partial charge in [0.25, 0.3) is 5.91 Å². The Morgan fingerprint density at radius 1 is 1.18 bits per heavy atom. The summed E-state index contributed by atoms with van der Waals surface area (Å²) in [4.78, 5) is 28.7. The SMILES string of the molecule is CC(NC(=O)Cc1csc(NC(=O)c2ccccc2F)n1)c1ccccc1Br. The molecule has 28 heavy (non-hydrogen) atoms. The second-order valence-corrected chi connectivity index (χ2v) is 7.78. The zero-order valence-electron chi connectivity index (χ0n) is 14.9. The quantitative estimate of drug-likeness (QED) is 0.557. The van der Waals surface area contributed by atoms with Gasteiger partial charge in [-0.05, 0) is 30.7 Å². The first-order valence-corrected chi connectivity index (χ1v) is 10.2. The van der Waals surface area contributed by atoms with Crippen LogP contribution >= 0.6 is 27.3 Å². The molecule has 8 heteroatoms. The number of hydrogen-bond acceptors (Lipinski definition) is 4. The number of thiazole rings is 1. The van der Waals surface area contributed by atoms with E-state index in [9.17, 15) is 14.0 Å². The Labute approximate surface area is 174 Å². The standard InChI is InChI=1S/C20H17BrFN3O2S/c1-12(14-6-2-4-8-16(14)21)23-18(26)10-13-11-28-20(24-13)25-19(27)15-7-3-5-9-17(15)22/h2-9,11-12H,10H2,1H3,(H,23,26)(H,24,25,27). The molecular formula is C20H17BrFN3O2S. The molecule has 144 valence electrons. The molecule has 0 bridgehead atoms. The van der Waals surface area contributed by atoms with Crippen molar-refractivity contribution in [3.05, 3.63) is 81.0 Å². The molecule has 2 N–H and O–H groups in total. The highest BCUT2D eigenvalue weighted by atomic mass is 79.9. The van der Waals surface area contributed by atoms with Gasteiger partial charge in [-0.3, -0.25) is 14.9 Å². The minimum Gasteiger partial charge on any atom is -0.349 e. The summed E-state index contributed by atoms with van der Waals surface area (Å²) in [5, 5.41) is 7.49. The van der Waals surface area contributed by atoms with Gasteiger partial charge in [-0.2, -0.15) is 0 Å². The number of amides is 2. The molecule has 0 spiro atoms. The third-order valence-electron chi connectivity index (χ3n) is 3.98. The van der Waals surface area contributed by atoms with Gasteiger partial charge in [-0.25, -0.2) is 9.37 Å². The molecule has 1 unspecified atom stereocenters. The Bertz CT molecular complexity index is 1010. The van der Waals surface area contributed by atoms with E-state index < -0.39 is 11.7 Å². The fourth-order valence-corrected chi connectivity index (χ4v) is 3.95. The van der Waals surface area contributed by atoms with Crippen LogP contribution in [0, 0.1) is 5.82 Å². The second-order valence-electron chi connectivity index (χ2n) is 6.07. The van der Waals surface area contributed by atoms with Crippen LogP contribution < -0.4 is 10.6 Å². The van der Waals surface area contributed by atoms with Gasteiger partial charge < -0.3 is 5.32 Å². The highest BCUT2D eigenvalue weighted by molar-refractivity contribution is 9.10. The lowest BCUT2D eigenvalue weighted by Gasteiger charge is -2.15. The molecule has 0 saturated heterocycles.